The standard InChI is InChI=1S/C16H28N4O3/c1-3-12-9-18-15(17)19-14(12)20-7-5-13(22)16(10-20,11-21)6-4-8-23-2/h9,13,21-22H,3-8,10-11H2,1-2H3,(H2,17,18,19)/t13-,16+/m1/s1. The Morgan fingerprint density at radius 3 is 2.96 bits per heavy atom. The van der Waals surface area contributed by atoms with E-state index in [4.69, 9.17) is 10.5 Å². The molecule has 1 aliphatic rings. The second-order valence-electron chi connectivity index (χ2n) is 6.27. The maximum absolute atomic E-state index is 10.5. The lowest BCUT2D eigenvalue weighted by Crippen LogP contribution is -2.54. The molecule has 0 spiro atoms. The lowest BCUT2D eigenvalue weighted by Gasteiger charge is -2.46. The minimum absolute atomic E-state index is 0.0591. The summed E-state index contributed by atoms with van der Waals surface area (Å²) < 4.78 is 5.11. The summed E-state index contributed by atoms with van der Waals surface area (Å²) in [6.07, 6.45) is 4.15. The topological polar surface area (TPSA) is 105 Å². The number of aryl methyl sites for hydroxylation is 1. The average molecular weight is 324 g/mol. The third kappa shape index (κ3) is 3.91. The van der Waals surface area contributed by atoms with E-state index in [-0.39, 0.29) is 12.6 Å². The first-order valence-electron chi connectivity index (χ1n) is 8.20. The second-order valence-corrected chi connectivity index (χ2v) is 6.27. The molecule has 1 saturated heterocycles. The largest absolute Gasteiger partial charge is 0.396 e. The third-order valence-corrected chi connectivity index (χ3v) is 4.76. The molecule has 1 aliphatic heterocycles. The predicted molar refractivity (Wildman–Crippen MR) is 89.3 cm³/mol. The van der Waals surface area contributed by atoms with Crippen molar-refractivity contribution in [2.45, 2.75) is 38.7 Å². The molecule has 130 valence electrons. The first-order chi connectivity index (χ1) is 11.1. The van der Waals surface area contributed by atoms with Gasteiger partial charge < -0.3 is 25.6 Å². The molecule has 0 aromatic carbocycles. The number of nitrogen functional groups attached to an aromatic ring is 1. The van der Waals surface area contributed by atoms with E-state index in [1.165, 1.54) is 0 Å². The summed E-state index contributed by atoms with van der Waals surface area (Å²) in [6, 6.07) is 0. The fourth-order valence-corrected chi connectivity index (χ4v) is 3.31. The summed E-state index contributed by atoms with van der Waals surface area (Å²) in [4.78, 5) is 10.6. The van der Waals surface area contributed by atoms with Crippen molar-refractivity contribution in [2.75, 3.05) is 44.0 Å². The Morgan fingerprint density at radius 2 is 2.30 bits per heavy atom. The highest BCUT2D eigenvalue weighted by Gasteiger charge is 2.42. The Kier molecular flexibility index (Phi) is 6.15. The van der Waals surface area contributed by atoms with E-state index >= 15 is 0 Å². The molecule has 0 radical (unpaired) electrons. The van der Waals surface area contributed by atoms with Gasteiger partial charge in [0.05, 0.1) is 12.7 Å². The number of ether oxygens (including phenoxy) is 1. The van der Waals surface area contributed by atoms with E-state index in [0.29, 0.717) is 32.5 Å². The van der Waals surface area contributed by atoms with Gasteiger partial charge in [0.15, 0.2) is 0 Å². The fourth-order valence-electron chi connectivity index (χ4n) is 3.31. The molecule has 0 amide bonds. The first kappa shape index (κ1) is 17.9. The van der Waals surface area contributed by atoms with Gasteiger partial charge in [-0.3, -0.25) is 0 Å². The summed E-state index contributed by atoms with van der Waals surface area (Å²) in [5.41, 5.74) is 6.22. The maximum Gasteiger partial charge on any atom is 0.221 e. The maximum atomic E-state index is 10.5. The molecule has 4 N–H and O–H groups in total. The predicted octanol–water partition coefficient (Wildman–Crippen LogP) is 0.597. The smallest absolute Gasteiger partial charge is 0.221 e. The van der Waals surface area contributed by atoms with Crippen LogP contribution in [0.2, 0.25) is 0 Å². The highest BCUT2D eigenvalue weighted by Crippen LogP contribution is 2.37. The molecule has 1 aromatic heterocycles. The number of piperidine rings is 1. The molecule has 0 bridgehead atoms. The zero-order valence-corrected chi connectivity index (χ0v) is 14.0. The molecule has 2 rings (SSSR count). The van der Waals surface area contributed by atoms with Crippen molar-refractivity contribution in [3.8, 4) is 0 Å². The van der Waals surface area contributed by atoms with E-state index in [1.54, 1.807) is 13.3 Å². The van der Waals surface area contributed by atoms with Crippen molar-refractivity contribution in [2.24, 2.45) is 5.41 Å². The van der Waals surface area contributed by atoms with Crippen LogP contribution in [-0.2, 0) is 11.2 Å². The van der Waals surface area contributed by atoms with Gasteiger partial charge in [-0.1, -0.05) is 6.92 Å². The van der Waals surface area contributed by atoms with Gasteiger partial charge in [0.1, 0.15) is 5.82 Å². The number of nitrogens with zero attached hydrogens (tertiary/aromatic N) is 3. The SMILES string of the molecule is CCc1cnc(N)nc1N1CC[C@@H](O)[C@@](CO)(CCCOC)C1. The Labute approximate surface area is 137 Å². The second kappa shape index (κ2) is 7.90. The number of methoxy groups -OCH3 is 1. The number of aliphatic hydroxyl groups excluding tert-OH is 2. The van der Waals surface area contributed by atoms with Gasteiger partial charge >= 0.3 is 0 Å². The molecule has 0 aliphatic carbocycles. The monoisotopic (exact) mass is 324 g/mol. The van der Waals surface area contributed by atoms with Crippen LogP contribution in [0.1, 0.15) is 31.7 Å². The first-order valence-corrected chi connectivity index (χ1v) is 8.20. The van der Waals surface area contributed by atoms with Crippen molar-refractivity contribution in [1.82, 2.24) is 9.97 Å². The van der Waals surface area contributed by atoms with Crippen molar-refractivity contribution in [3.63, 3.8) is 0 Å². The molecule has 7 heteroatoms. The summed E-state index contributed by atoms with van der Waals surface area (Å²) in [5.74, 6) is 1.06. The van der Waals surface area contributed by atoms with Gasteiger partial charge in [-0.15, -0.1) is 0 Å². The normalized spacial score (nSPS) is 24.9. The van der Waals surface area contributed by atoms with Gasteiger partial charge in [0.25, 0.3) is 0 Å². The molecule has 23 heavy (non-hydrogen) atoms. The van der Waals surface area contributed by atoms with Crippen LogP contribution in [0.5, 0.6) is 0 Å². The van der Waals surface area contributed by atoms with Crippen LogP contribution >= 0.6 is 0 Å². The number of nitrogens with two attached hydrogens (primary N) is 1. The van der Waals surface area contributed by atoms with E-state index < -0.39 is 11.5 Å². The summed E-state index contributed by atoms with van der Waals surface area (Å²) in [5, 5.41) is 20.5. The zero-order chi connectivity index (χ0) is 16.9. The highest BCUT2D eigenvalue weighted by molar-refractivity contribution is 5.49. The molecule has 0 unspecified atom stereocenters. The molecule has 2 atom stereocenters. The van der Waals surface area contributed by atoms with Gasteiger partial charge in [-0.2, -0.15) is 4.98 Å². The van der Waals surface area contributed by atoms with Gasteiger partial charge in [-0.25, -0.2) is 4.98 Å². The summed E-state index contributed by atoms with van der Waals surface area (Å²) >= 11 is 0. The average Bonchev–Trinajstić information content (AvgIpc) is 2.57. The third-order valence-electron chi connectivity index (χ3n) is 4.76. The van der Waals surface area contributed by atoms with Crippen LogP contribution in [0.25, 0.3) is 0 Å². The van der Waals surface area contributed by atoms with Crippen LogP contribution in [0, 0.1) is 5.41 Å². The van der Waals surface area contributed by atoms with Crippen LogP contribution < -0.4 is 10.6 Å². The quantitative estimate of drug-likeness (QED) is 0.631. The lowest BCUT2D eigenvalue weighted by atomic mass is 9.74. The Morgan fingerprint density at radius 1 is 1.52 bits per heavy atom. The van der Waals surface area contributed by atoms with E-state index in [0.717, 1.165) is 24.2 Å². The molecule has 7 nitrogen and oxygen atoms in total. The van der Waals surface area contributed by atoms with Crippen molar-refractivity contribution < 1.29 is 14.9 Å². The molecular weight excluding hydrogens is 296 g/mol. The summed E-state index contributed by atoms with van der Waals surface area (Å²) in [7, 11) is 1.66. The van der Waals surface area contributed by atoms with Crippen LogP contribution in [-0.4, -0.2) is 59.7 Å². The fraction of sp³-hybridized carbons (Fsp3) is 0.750. The molecule has 0 saturated carbocycles. The minimum atomic E-state index is -0.554. The Hall–Kier alpha value is -1.44. The van der Waals surface area contributed by atoms with Crippen molar-refractivity contribution >= 4 is 11.8 Å². The van der Waals surface area contributed by atoms with Gasteiger partial charge in [0, 0.05) is 44.0 Å². The Balaban J connectivity index is 2.23. The van der Waals surface area contributed by atoms with Gasteiger partial charge in [-0.05, 0) is 25.7 Å². The van der Waals surface area contributed by atoms with E-state index in [1.807, 2.05) is 0 Å². The minimum Gasteiger partial charge on any atom is -0.396 e. The molecule has 1 fully saturated rings. The lowest BCUT2D eigenvalue weighted by molar-refractivity contribution is -0.0388. The number of rotatable bonds is 7. The number of aromatic nitrogens is 2. The molecule has 1 aromatic rings. The van der Waals surface area contributed by atoms with Crippen LogP contribution in [0.4, 0.5) is 11.8 Å². The van der Waals surface area contributed by atoms with E-state index in [9.17, 15) is 10.2 Å². The number of hydrogen-bond acceptors (Lipinski definition) is 7. The van der Waals surface area contributed by atoms with Crippen LogP contribution in [0.3, 0.4) is 0 Å². The number of aliphatic hydroxyl groups is 2. The highest BCUT2D eigenvalue weighted by atomic mass is 16.5. The number of anilines is 2. The Bertz CT molecular complexity index is 514. The zero-order valence-electron chi connectivity index (χ0n) is 14.0. The van der Waals surface area contributed by atoms with Crippen molar-refractivity contribution in [1.29, 1.82) is 0 Å². The molecule has 2 heterocycles. The van der Waals surface area contributed by atoms with Gasteiger partial charge in [0.2, 0.25) is 5.95 Å². The molecular formula is C16H28N4O3. The van der Waals surface area contributed by atoms with Crippen molar-refractivity contribution in [3.05, 3.63) is 11.8 Å². The van der Waals surface area contributed by atoms with Crippen LogP contribution in [0.15, 0.2) is 6.20 Å². The summed E-state index contributed by atoms with van der Waals surface area (Å²) in [6.45, 7) is 3.86. The van der Waals surface area contributed by atoms with E-state index in [2.05, 4.69) is 21.8 Å². The number of hydrogen-bond donors (Lipinski definition) is 3.